The summed E-state index contributed by atoms with van der Waals surface area (Å²) in [5, 5.41) is 9.56. The molecule has 1 atom stereocenters. The van der Waals surface area contributed by atoms with Crippen LogP contribution in [0.1, 0.15) is 63.4 Å². The van der Waals surface area contributed by atoms with Crippen molar-refractivity contribution in [1.82, 2.24) is 30.3 Å². The summed E-state index contributed by atoms with van der Waals surface area (Å²) in [4.78, 5) is 55.3. The van der Waals surface area contributed by atoms with Crippen molar-refractivity contribution in [3.8, 4) is 0 Å². The van der Waals surface area contributed by atoms with Gasteiger partial charge >= 0.3 is 6.03 Å². The number of para-hydroxylation sites is 1. The third-order valence-corrected chi connectivity index (χ3v) is 7.25. The van der Waals surface area contributed by atoms with Crippen LogP contribution in [0.15, 0.2) is 67.4 Å². The zero-order valence-corrected chi connectivity index (χ0v) is 27.3. The van der Waals surface area contributed by atoms with Crippen molar-refractivity contribution in [2.75, 3.05) is 26.2 Å². The number of carbonyl (C=O) groups is 4. The van der Waals surface area contributed by atoms with E-state index in [2.05, 4.69) is 36.4 Å². The number of fused-ring (bicyclic) bond motifs is 1. The Morgan fingerprint density at radius 2 is 1.80 bits per heavy atom. The van der Waals surface area contributed by atoms with Gasteiger partial charge in [-0.3, -0.25) is 14.4 Å². The van der Waals surface area contributed by atoms with Gasteiger partial charge in [0.15, 0.2) is 5.78 Å². The summed E-state index contributed by atoms with van der Waals surface area (Å²) in [6.45, 7) is 12.9. The Hall–Kier alpha value is -4.44. The average Bonchev–Trinajstić information content (AvgIpc) is 3.35. The molecule has 3 aromatic rings. The van der Waals surface area contributed by atoms with E-state index in [1.54, 1.807) is 11.0 Å². The van der Waals surface area contributed by atoms with E-state index in [9.17, 15) is 19.2 Å². The van der Waals surface area contributed by atoms with Crippen LogP contribution >= 0.6 is 0 Å². The lowest BCUT2D eigenvalue weighted by Crippen LogP contribution is -2.65. The molecular weight excluding hydrogens is 568 g/mol. The first-order valence-electron chi connectivity index (χ1n) is 15.7. The molecule has 2 heterocycles. The number of Topliss-reactive ketones (excluding diaryl/α,β-unsaturated/α-hetero) is 1. The highest BCUT2D eigenvalue weighted by Gasteiger charge is 2.36. The summed E-state index contributed by atoms with van der Waals surface area (Å²) in [5.74, 6) is -0.186. The SMILES string of the molecule is C=CCNCC(=O)N1CC(=O)N(Cc2cccc3c(C(=O)CC(C)C)cn(C)c23)C[C@@H]1NC(=O)NCc1ccccc1.CCC.[HH]. The van der Waals surface area contributed by atoms with Crippen LogP contribution in [0.25, 0.3) is 10.9 Å². The van der Waals surface area contributed by atoms with Crippen LogP contribution in [0.5, 0.6) is 0 Å². The summed E-state index contributed by atoms with van der Waals surface area (Å²) < 4.78 is 1.93. The van der Waals surface area contributed by atoms with Gasteiger partial charge in [0.2, 0.25) is 11.8 Å². The van der Waals surface area contributed by atoms with Crippen LogP contribution in [-0.2, 0) is 29.7 Å². The van der Waals surface area contributed by atoms with Crippen molar-refractivity contribution in [3.05, 3.63) is 84.1 Å². The maximum atomic E-state index is 13.3. The Bertz CT molecular complexity index is 1470. The molecule has 45 heavy (non-hydrogen) atoms. The predicted molar refractivity (Wildman–Crippen MR) is 181 cm³/mol. The van der Waals surface area contributed by atoms with E-state index >= 15 is 0 Å². The highest BCUT2D eigenvalue weighted by Crippen LogP contribution is 2.27. The van der Waals surface area contributed by atoms with Gasteiger partial charge in [-0.05, 0) is 17.0 Å². The number of aryl methyl sites for hydroxylation is 1. The zero-order valence-electron chi connectivity index (χ0n) is 27.3. The van der Waals surface area contributed by atoms with E-state index < -0.39 is 12.2 Å². The first-order chi connectivity index (χ1) is 21.6. The largest absolute Gasteiger partial charge is 0.350 e. The number of hydrogen-bond acceptors (Lipinski definition) is 5. The summed E-state index contributed by atoms with van der Waals surface area (Å²) in [6.07, 6.45) is 4.48. The van der Waals surface area contributed by atoms with Crippen molar-refractivity contribution in [1.29, 1.82) is 0 Å². The van der Waals surface area contributed by atoms with Gasteiger partial charge in [0, 0.05) is 51.7 Å². The number of hydrogen-bond donors (Lipinski definition) is 3. The second kappa shape index (κ2) is 17.2. The fourth-order valence-corrected chi connectivity index (χ4v) is 5.26. The standard InChI is InChI=1S/C32H40N6O4.C3H8.H2/c1-5-14-33-17-29(40)38-21-30(41)37(20-28(38)35-32(42)34-16-23-10-7-6-8-11-23)18-24-12-9-13-25-26(19-36(4)31(24)25)27(39)15-22(2)3;1-3-2;/h5-13,19,22,28,33H,1,14-18,20-21H2,2-4H3,(H2,34,35,42);3H2,1-2H3;1H/t28-;;/m1../s1. The van der Waals surface area contributed by atoms with Crippen LogP contribution < -0.4 is 16.0 Å². The maximum Gasteiger partial charge on any atom is 0.316 e. The number of amides is 4. The Morgan fingerprint density at radius 1 is 1.09 bits per heavy atom. The van der Waals surface area contributed by atoms with E-state index in [0.717, 1.165) is 22.0 Å². The molecule has 0 bridgehead atoms. The summed E-state index contributed by atoms with van der Waals surface area (Å²) in [7, 11) is 1.90. The van der Waals surface area contributed by atoms with E-state index in [0.29, 0.717) is 25.1 Å². The van der Waals surface area contributed by atoms with Crippen molar-refractivity contribution < 1.29 is 20.6 Å². The molecular formula is C35H50N6O4. The molecule has 0 spiro atoms. The van der Waals surface area contributed by atoms with E-state index in [1.807, 2.05) is 80.2 Å². The second-order valence-corrected chi connectivity index (χ2v) is 11.7. The number of ketones is 1. The number of piperazine rings is 1. The smallest absolute Gasteiger partial charge is 0.316 e. The Morgan fingerprint density at radius 3 is 2.47 bits per heavy atom. The quantitative estimate of drug-likeness (QED) is 0.153. The molecule has 0 radical (unpaired) electrons. The average molecular weight is 619 g/mol. The van der Waals surface area contributed by atoms with Gasteiger partial charge in [0.1, 0.15) is 12.7 Å². The molecule has 1 aliphatic rings. The molecule has 4 amide bonds. The monoisotopic (exact) mass is 618 g/mol. The lowest BCUT2D eigenvalue weighted by atomic mass is 9.99. The summed E-state index contributed by atoms with van der Waals surface area (Å²) >= 11 is 0. The Kier molecular flexibility index (Phi) is 13.4. The van der Waals surface area contributed by atoms with Crippen LogP contribution in [0.3, 0.4) is 0 Å². The van der Waals surface area contributed by atoms with Gasteiger partial charge in [0.05, 0.1) is 18.6 Å². The summed E-state index contributed by atoms with van der Waals surface area (Å²) in [5.41, 5.74) is 3.38. The van der Waals surface area contributed by atoms with E-state index in [-0.39, 0.29) is 51.1 Å². The van der Waals surface area contributed by atoms with Crippen molar-refractivity contribution in [2.45, 2.75) is 59.8 Å². The van der Waals surface area contributed by atoms with Gasteiger partial charge < -0.3 is 30.3 Å². The van der Waals surface area contributed by atoms with Crippen LogP contribution in [-0.4, -0.2) is 70.3 Å². The van der Waals surface area contributed by atoms with Crippen molar-refractivity contribution >= 4 is 34.5 Å². The topological polar surface area (TPSA) is 116 Å². The van der Waals surface area contributed by atoms with Crippen LogP contribution in [0.2, 0.25) is 0 Å². The Balaban J connectivity index is 0.00000177. The first kappa shape index (κ1) is 35.0. The number of benzene rings is 2. The number of carbonyl (C=O) groups excluding carboxylic acids is 4. The molecule has 10 nitrogen and oxygen atoms in total. The van der Waals surface area contributed by atoms with Gasteiger partial charge in [-0.25, -0.2) is 4.79 Å². The van der Waals surface area contributed by atoms with E-state index in [1.165, 1.54) is 11.3 Å². The number of rotatable bonds is 12. The first-order valence-corrected chi connectivity index (χ1v) is 15.7. The minimum Gasteiger partial charge on any atom is -0.350 e. The van der Waals surface area contributed by atoms with Gasteiger partial charge in [-0.1, -0.05) is 88.7 Å². The van der Waals surface area contributed by atoms with E-state index in [4.69, 9.17) is 0 Å². The molecule has 4 rings (SSSR count). The zero-order chi connectivity index (χ0) is 32.9. The van der Waals surface area contributed by atoms with Crippen molar-refractivity contribution in [3.63, 3.8) is 0 Å². The molecule has 1 aromatic heterocycles. The van der Waals surface area contributed by atoms with Gasteiger partial charge in [0.25, 0.3) is 0 Å². The molecule has 10 heteroatoms. The third-order valence-electron chi connectivity index (χ3n) is 7.25. The third kappa shape index (κ3) is 9.78. The van der Waals surface area contributed by atoms with Crippen LogP contribution in [0.4, 0.5) is 4.79 Å². The van der Waals surface area contributed by atoms with Gasteiger partial charge in [-0.15, -0.1) is 6.58 Å². The molecule has 1 saturated heterocycles. The summed E-state index contributed by atoms with van der Waals surface area (Å²) in [6, 6.07) is 14.9. The molecule has 0 unspecified atom stereocenters. The van der Waals surface area contributed by atoms with Crippen molar-refractivity contribution in [2.24, 2.45) is 13.0 Å². The number of aromatic nitrogens is 1. The molecule has 1 fully saturated rings. The number of nitrogens with zero attached hydrogens (tertiary/aromatic N) is 3. The molecule has 2 aromatic carbocycles. The second-order valence-electron chi connectivity index (χ2n) is 11.7. The minimum absolute atomic E-state index is 0. The molecule has 3 N–H and O–H groups in total. The predicted octanol–water partition coefficient (Wildman–Crippen LogP) is 4.84. The fourth-order valence-electron chi connectivity index (χ4n) is 5.26. The molecule has 0 aliphatic carbocycles. The normalized spacial score (nSPS) is 14.6. The lowest BCUT2D eigenvalue weighted by molar-refractivity contribution is -0.149. The highest BCUT2D eigenvalue weighted by molar-refractivity contribution is 6.08. The number of nitrogens with one attached hydrogen (secondary N) is 3. The Labute approximate surface area is 268 Å². The van der Waals surface area contributed by atoms with Gasteiger partial charge in [-0.2, -0.15) is 0 Å². The van der Waals surface area contributed by atoms with Crippen LogP contribution in [0, 0.1) is 5.92 Å². The molecule has 1 aliphatic heterocycles. The maximum absolute atomic E-state index is 13.3. The lowest BCUT2D eigenvalue weighted by Gasteiger charge is -2.41. The molecule has 0 saturated carbocycles. The molecule has 244 valence electrons. The fraction of sp³-hybridized carbons (Fsp3) is 0.429. The number of urea groups is 1. The minimum atomic E-state index is -0.729. The highest BCUT2D eigenvalue weighted by atomic mass is 16.2.